The number of nitrogen functional groups attached to an aromatic ring is 1. The van der Waals surface area contributed by atoms with Gasteiger partial charge in [0.2, 0.25) is 0 Å². The highest BCUT2D eigenvalue weighted by Gasteiger charge is 2.12. The molecule has 2 N–H and O–H groups in total. The Morgan fingerprint density at radius 1 is 1.00 bits per heavy atom. The second-order valence-electron chi connectivity index (χ2n) is 4.34. The van der Waals surface area contributed by atoms with Crippen molar-refractivity contribution in [3.05, 3.63) is 66.4 Å². The molecule has 0 fully saturated rings. The molecule has 20 heavy (non-hydrogen) atoms. The minimum Gasteiger partial charge on any atom is -0.396 e. The molecule has 0 saturated heterocycles. The van der Waals surface area contributed by atoms with E-state index < -0.39 is 11.6 Å². The maximum atomic E-state index is 13.7. The van der Waals surface area contributed by atoms with Gasteiger partial charge in [0, 0.05) is 11.6 Å². The molecule has 2 aromatic carbocycles. The summed E-state index contributed by atoms with van der Waals surface area (Å²) in [6.45, 7) is 0. The number of hydrogen-bond acceptors (Lipinski definition) is 2. The lowest BCUT2D eigenvalue weighted by molar-refractivity contribution is 0.574. The van der Waals surface area contributed by atoms with E-state index in [-0.39, 0.29) is 5.69 Å². The zero-order valence-corrected chi connectivity index (χ0v) is 10.4. The number of nitrogens with two attached hydrogens (primary N) is 1. The molecular formula is C15H11F2N3. The van der Waals surface area contributed by atoms with Crippen LogP contribution in [0.15, 0.2) is 54.7 Å². The largest absolute Gasteiger partial charge is 0.396 e. The Morgan fingerprint density at radius 2 is 1.75 bits per heavy atom. The van der Waals surface area contributed by atoms with Crippen molar-refractivity contribution in [2.24, 2.45) is 0 Å². The SMILES string of the molecule is Nc1cn(-c2ccc(F)cc2F)nc1-c1ccccc1. The quantitative estimate of drug-likeness (QED) is 0.776. The number of halogens is 2. The number of hydrogen-bond donors (Lipinski definition) is 1. The number of aromatic nitrogens is 2. The Hall–Kier alpha value is -2.69. The van der Waals surface area contributed by atoms with Crippen molar-refractivity contribution in [1.82, 2.24) is 9.78 Å². The summed E-state index contributed by atoms with van der Waals surface area (Å²) in [6, 6.07) is 12.7. The molecule has 5 heteroatoms. The topological polar surface area (TPSA) is 43.8 Å². The van der Waals surface area contributed by atoms with Crippen molar-refractivity contribution in [1.29, 1.82) is 0 Å². The standard InChI is InChI=1S/C15H11F2N3/c16-11-6-7-14(12(17)8-11)20-9-13(18)15(19-20)10-4-2-1-3-5-10/h1-9H,18H2. The molecule has 0 aliphatic rings. The summed E-state index contributed by atoms with van der Waals surface area (Å²) in [4.78, 5) is 0. The smallest absolute Gasteiger partial charge is 0.151 e. The molecule has 3 rings (SSSR count). The van der Waals surface area contributed by atoms with Gasteiger partial charge >= 0.3 is 0 Å². The average molecular weight is 271 g/mol. The Morgan fingerprint density at radius 3 is 2.45 bits per heavy atom. The molecule has 0 spiro atoms. The molecule has 0 aliphatic heterocycles. The monoisotopic (exact) mass is 271 g/mol. The number of rotatable bonds is 2. The van der Waals surface area contributed by atoms with E-state index in [1.54, 1.807) is 0 Å². The van der Waals surface area contributed by atoms with Crippen LogP contribution in [0.25, 0.3) is 16.9 Å². The lowest BCUT2D eigenvalue weighted by atomic mass is 10.1. The molecule has 0 saturated carbocycles. The van der Waals surface area contributed by atoms with E-state index in [1.807, 2.05) is 30.3 Å². The summed E-state index contributed by atoms with van der Waals surface area (Å²) in [7, 11) is 0. The molecular weight excluding hydrogens is 260 g/mol. The van der Waals surface area contributed by atoms with E-state index in [0.29, 0.717) is 11.4 Å². The predicted molar refractivity (Wildman–Crippen MR) is 73.3 cm³/mol. The highest BCUT2D eigenvalue weighted by atomic mass is 19.1. The summed E-state index contributed by atoms with van der Waals surface area (Å²) in [5, 5.41) is 4.27. The van der Waals surface area contributed by atoms with Gasteiger partial charge in [-0.05, 0) is 12.1 Å². The number of benzene rings is 2. The van der Waals surface area contributed by atoms with Crippen LogP contribution in [-0.2, 0) is 0 Å². The van der Waals surface area contributed by atoms with Crippen molar-refractivity contribution in [2.45, 2.75) is 0 Å². The highest BCUT2D eigenvalue weighted by molar-refractivity contribution is 5.72. The summed E-state index contributed by atoms with van der Waals surface area (Å²) < 4.78 is 28.0. The molecule has 0 aliphatic carbocycles. The van der Waals surface area contributed by atoms with E-state index in [4.69, 9.17) is 5.73 Å². The average Bonchev–Trinajstić information content (AvgIpc) is 2.81. The fourth-order valence-corrected chi connectivity index (χ4v) is 2.00. The van der Waals surface area contributed by atoms with Gasteiger partial charge in [-0.15, -0.1) is 0 Å². The maximum Gasteiger partial charge on any atom is 0.151 e. The molecule has 1 heterocycles. The van der Waals surface area contributed by atoms with Crippen LogP contribution in [0.3, 0.4) is 0 Å². The summed E-state index contributed by atoms with van der Waals surface area (Å²) in [5.41, 5.74) is 7.90. The van der Waals surface area contributed by atoms with E-state index in [0.717, 1.165) is 11.6 Å². The van der Waals surface area contributed by atoms with Gasteiger partial charge in [0.05, 0.1) is 11.9 Å². The Labute approximate surface area is 114 Å². The third-order valence-electron chi connectivity index (χ3n) is 2.95. The fourth-order valence-electron chi connectivity index (χ4n) is 2.00. The van der Waals surface area contributed by atoms with Gasteiger partial charge in [-0.25, -0.2) is 13.5 Å². The van der Waals surface area contributed by atoms with Crippen molar-refractivity contribution >= 4 is 5.69 Å². The van der Waals surface area contributed by atoms with Crippen LogP contribution < -0.4 is 5.73 Å². The van der Waals surface area contributed by atoms with Crippen molar-refractivity contribution in [3.8, 4) is 16.9 Å². The lowest BCUT2D eigenvalue weighted by Gasteiger charge is -2.02. The van der Waals surface area contributed by atoms with Crippen molar-refractivity contribution in [2.75, 3.05) is 5.73 Å². The zero-order valence-electron chi connectivity index (χ0n) is 10.4. The van der Waals surface area contributed by atoms with Crippen LogP contribution >= 0.6 is 0 Å². The Balaban J connectivity index is 2.09. The molecule has 0 unspecified atom stereocenters. The van der Waals surface area contributed by atoms with Gasteiger partial charge in [-0.3, -0.25) is 0 Å². The first-order valence-electron chi connectivity index (χ1n) is 6.01. The molecule has 0 atom stereocenters. The van der Waals surface area contributed by atoms with E-state index >= 15 is 0 Å². The first kappa shape index (κ1) is 12.3. The summed E-state index contributed by atoms with van der Waals surface area (Å²) in [6.07, 6.45) is 1.51. The molecule has 3 nitrogen and oxygen atoms in total. The van der Waals surface area contributed by atoms with Crippen molar-refractivity contribution < 1.29 is 8.78 Å². The number of anilines is 1. The van der Waals surface area contributed by atoms with Gasteiger partial charge < -0.3 is 5.73 Å². The summed E-state index contributed by atoms with van der Waals surface area (Å²) in [5.74, 6) is -1.32. The first-order valence-corrected chi connectivity index (χ1v) is 6.01. The van der Waals surface area contributed by atoms with Crippen LogP contribution in [0.1, 0.15) is 0 Å². The van der Waals surface area contributed by atoms with Gasteiger partial charge in [0.25, 0.3) is 0 Å². The van der Waals surface area contributed by atoms with E-state index in [1.165, 1.54) is 23.0 Å². The van der Waals surface area contributed by atoms with Crippen LogP contribution in [0.4, 0.5) is 14.5 Å². The zero-order chi connectivity index (χ0) is 14.1. The predicted octanol–water partition coefficient (Wildman–Crippen LogP) is 3.40. The van der Waals surface area contributed by atoms with Crippen molar-refractivity contribution in [3.63, 3.8) is 0 Å². The Bertz CT molecular complexity index is 751. The molecule has 3 aromatic rings. The summed E-state index contributed by atoms with van der Waals surface area (Å²) >= 11 is 0. The second kappa shape index (κ2) is 4.77. The normalized spacial score (nSPS) is 10.7. The molecule has 0 bridgehead atoms. The molecule has 0 radical (unpaired) electrons. The minimum absolute atomic E-state index is 0.153. The van der Waals surface area contributed by atoms with Gasteiger partial charge in [-0.2, -0.15) is 5.10 Å². The third kappa shape index (κ3) is 2.14. The highest BCUT2D eigenvalue weighted by Crippen LogP contribution is 2.25. The van der Waals surface area contributed by atoms with Gasteiger partial charge in [-0.1, -0.05) is 30.3 Å². The fraction of sp³-hybridized carbons (Fsp3) is 0. The van der Waals surface area contributed by atoms with E-state index in [2.05, 4.69) is 5.10 Å². The Kier molecular flexibility index (Phi) is 2.95. The second-order valence-corrected chi connectivity index (χ2v) is 4.34. The maximum absolute atomic E-state index is 13.7. The van der Waals surface area contributed by atoms with E-state index in [9.17, 15) is 8.78 Å². The van der Waals surface area contributed by atoms with Crippen LogP contribution in [0.2, 0.25) is 0 Å². The number of nitrogens with zero attached hydrogens (tertiary/aromatic N) is 2. The van der Waals surface area contributed by atoms with Gasteiger partial charge in [0.15, 0.2) is 5.82 Å². The molecule has 0 amide bonds. The van der Waals surface area contributed by atoms with Crippen LogP contribution in [-0.4, -0.2) is 9.78 Å². The first-order chi connectivity index (χ1) is 9.65. The molecule has 100 valence electrons. The third-order valence-corrected chi connectivity index (χ3v) is 2.95. The molecule has 1 aromatic heterocycles. The lowest BCUT2D eigenvalue weighted by Crippen LogP contribution is -1.99. The van der Waals surface area contributed by atoms with Crippen LogP contribution in [0.5, 0.6) is 0 Å². The van der Waals surface area contributed by atoms with Crippen LogP contribution in [0, 0.1) is 11.6 Å². The minimum atomic E-state index is -0.688. The van der Waals surface area contributed by atoms with Gasteiger partial charge in [0.1, 0.15) is 17.2 Å².